The highest BCUT2D eigenvalue weighted by Gasteiger charge is 2.13. The molecule has 0 aliphatic carbocycles. The van der Waals surface area contributed by atoms with Crippen molar-refractivity contribution in [2.45, 2.75) is 6.04 Å². The fraction of sp³-hybridized carbons (Fsp3) is 0.167. The van der Waals surface area contributed by atoms with E-state index in [4.69, 9.17) is 10.6 Å². The Bertz CT molecular complexity index is 475. The van der Waals surface area contributed by atoms with E-state index in [1.807, 2.05) is 18.2 Å². The molecule has 5 heteroatoms. The summed E-state index contributed by atoms with van der Waals surface area (Å²) in [7, 11) is 1.61. The van der Waals surface area contributed by atoms with Crippen molar-refractivity contribution in [1.29, 1.82) is 0 Å². The van der Waals surface area contributed by atoms with Gasteiger partial charge in [0.15, 0.2) is 0 Å². The van der Waals surface area contributed by atoms with E-state index < -0.39 is 0 Å². The molecule has 17 heavy (non-hydrogen) atoms. The van der Waals surface area contributed by atoms with Gasteiger partial charge in [0.2, 0.25) is 0 Å². The van der Waals surface area contributed by atoms with Crippen molar-refractivity contribution in [3.8, 4) is 5.75 Å². The first-order valence-electron chi connectivity index (χ1n) is 5.20. The van der Waals surface area contributed by atoms with E-state index in [0.717, 1.165) is 11.1 Å². The standard InChI is InChI=1S/C12H14N4O/c1-17-11-5-10(7-15-8-11)12(16-13)9-3-2-4-14-6-9/h2-8,12,16H,13H2,1H3. The second-order valence-electron chi connectivity index (χ2n) is 3.54. The molecule has 88 valence electrons. The molecule has 0 aliphatic rings. The van der Waals surface area contributed by atoms with E-state index in [9.17, 15) is 0 Å². The molecule has 5 nitrogen and oxygen atoms in total. The third-order valence-electron chi connectivity index (χ3n) is 2.49. The molecular formula is C12H14N4O. The quantitative estimate of drug-likeness (QED) is 0.606. The summed E-state index contributed by atoms with van der Waals surface area (Å²) in [5, 5.41) is 0. The van der Waals surface area contributed by atoms with Crippen LogP contribution in [0.1, 0.15) is 17.2 Å². The number of hydrazine groups is 1. The van der Waals surface area contributed by atoms with Crippen molar-refractivity contribution >= 4 is 0 Å². The van der Waals surface area contributed by atoms with Crippen LogP contribution in [0.4, 0.5) is 0 Å². The van der Waals surface area contributed by atoms with E-state index in [0.29, 0.717) is 5.75 Å². The van der Waals surface area contributed by atoms with Crippen molar-refractivity contribution in [3.63, 3.8) is 0 Å². The zero-order chi connectivity index (χ0) is 12.1. The summed E-state index contributed by atoms with van der Waals surface area (Å²) in [5.74, 6) is 6.28. The van der Waals surface area contributed by atoms with Gasteiger partial charge < -0.3 is 4.74 Å². The molecule has 0 amide bonds. The molecule has 1 atom stereocenters. The minimum Gasteiger partial charge on any atom is -0.495 e. The summed E-state index contributed by atoms with van der Waals surface area (Å²) >= 11 is 0. The van der Waals surface area contributed by atoms with Crippen molar-refractivity contribution in [2.75, 3.05) is 7.11 Å². The molecule has 0 aromatic carbocycles. The monoisotopic (exact) mass is 230 g/mol. The van der Waals surface area contributed by atoms with Crippen LogP contribution in [0.15, 0.2) is 43.0 Å². The van der Waals surface area contributed by atoms with Gasteiger partial charge in [0.1, 0.15) is 5.75 Å². The summed E-state index contributed by atoms with van der Waals surface area (Å²) in [6.07, 6.45) is 6.89. The van der Waals surface area contributed by atoms with E-state index in [1.165, 1.54) is 0 Å². The Morgan fingerprint density at radius 3 is 2.71 bits per heavy atom. The Kier molecular flexibility index (Phi) is 3.64. The second kappa shape index (κ2) is 5.38. The Balaban J connectivity index is 2.35. The van der Waals surface area contributed by atoms with E-state index in [1.54, 1.807) is 31.9 Å². The fourth-order valence-corrected chi connectivity index (χ4v) is 1.64. The lowest BCUT2D eigenvalue weighted by Crippen LogP contribution is -2.29. The Morgan fingerprint density at radius 1 is 1.24 bits per heavy atom. The predicted octanol–water partition coefficient (Wildman–Crippen LogP) is 1.04. The lowest BCUT2D eigenvalue weighted by atomic mass is 10.0. The van der Waals surface area contributed by atoms with E-state index in [2.05, 4.69) is 15.4 Å². The van der Waals surface area contributed by atoms with Gasteiger partial charge in [-0.3, -0.25) is 15.8 Å². The highest BCUT2D eigenvalue weighted by atomic mass is 16.5. The molecule has 0 saturated heterocycles. The fourth-order valence-electron chi connectivity index (χ4n) is 1.64. The van der Waals surface area contributed by atoms with Gasteiger partial charge in [-0.05, 0) is 23.3 Å². The number of hydrogen-bond acceptors (Lipinski definition) is 5. The molecule has 1 unspecified atom stereocenters. The van der Waals surface area contributed by atoms with E-state index in [-0.39, 0.29) is 6.04 Å². The molecule has 0 aliphatic heterocycles. The molecule has 0 spiro atoms. The van der Waals surface area contributed by atoms with Crippen LogP contribution >= 0.6 is 0 Å². The molecule has 2 rings (SSSR count). The van der Waals surface area contributed by atoms with Gasteiger partial charge in [0.25, 0.3) is 0 Å². The van der Waals surface area contributed by atoms with Crippen LogP contribution in [0, 0.1) is 0 Å². The van der Waals surface area contributed by atoms with Crippen LogP contribution < -0.4 is 16.0 Å². The summed E-state index contributed by atoms with van der Waals surface area (Å²) < 4.78 is 5.14. The Morgan fingerprint density at radius 2 is 2.06 bits per heavy atom. The number of rotatable bonds is 4. The first-order valence-corrected chi connectivity index (χ1v) is 5.20. The zero-order valence-electron chi connectivity index (χ0n) is 9.50. The molecule has 0 radical (unpaired) electrons. The van der Waals surface area contributed by atoms with Gasteiger partial charge in [0.05, 0.1) is 19.3 Å². The summed E-state index contributed by atoms with van der Waals surface area (Å²) in [6, 6.07) is 5.57. The van der Waals surface area contributed by atoms with Crippen LogP contribution in [0.3, 0.4) is 0 Å². The number of nitrogens with two attached hydrogens (primary N) is 1. The highest BCUT2D eigenvalue weighted by Crippen LogP contribution is 2.22. The number of nitrogens with zero attached hydrogens (tertiary/aromatic N) is 2. The van der Waals surface area contributed by atoms with Gasteiger partial charge in [-0.2, -0.15) is 0 Å². The third kappa shape index (κ3) is 2.58. The molecule has 2 aromatic rings. The maximum absolute atomic E-state index is 5.58. The van der Waals surface area contributed by atoms with Crippen LogP contribution in [-0.4, -0.2) is 17.1 Å². The third-order valence-corrected chi connectivity index (χ3v) is 2.49. The summed E-state index contributed by atoms with van der Waals surface area (Å²) in [4.78, 5) is 8.18. The number of aromatic nitrogens is 2. The lowest BCUT2D eigenvalue weighted by Gasteiger charge is -2.16. The number of nitrogens with one attached hydrogen (secondary N) is 1. The molecule has 0 bridgehead atoms. The molecule has 0 fully saturated rings. The minimum absolute atomic E-state index is 0.147. The largest absolute Gasteiger partial charge is 0.495 e. The number of ether oxygens (including phenoxy) is 1. The smallest absolute Gasteiger partial charge is 0.137 e. The van der Waals surface area contributed by atoms with Gasteiger partial charge in [-0.1, -0.05) is 6.07 Å². The number of methoxy groups -OCH3 is 1. The van der Waals surface area contributed by atoms with Crippen LogP contribution in [0.2, 0.25) is 0 Å². The first-order chi connectivity index (χ1) is 8.35. The summed E-state index contributed by atoms with van der Waals surface area (Å²) in [6.45, 7) is 0. The van der Waals surface area contributed by atoms with Gasteiger partial charge in [-0.15, -0.1) is 0 Å². The SMILES string of the molecule is COc1cncc(C(NN)c2cccnc2)c1. The van der Waals surface area contributed by atoms with Crippen LogP contribution in [0.25, 0.3) is 0 Å². The van der Waals surface area contributed by atoms with Crippen molar-refractivity contribution in [1.82, 2.24) is 15.4 Å². The maximum atomic E-state index is 5.58. The molecule has 0 saturated carbocycles. The van der Waals surface area contributed by atoms with Gasteiger partial charge in [-0.25, -0.2) is 5.43 Å². The maximum Gasteiger partial charge on any atom is 0.137 e. The zero-order valence-corrected chi connectivity index (χ0v) is 9.50. The molecule has 2 heterocycles. The first kappa shape index (κ1) is 11.5. The lowest BCUT2D eigenvalue weighted by molar-refractivity contribution is 0.411. The van der Waals surface area contributed by atoms with Crippen LogP contribution in [-0.2, 0) is 0 Å². The Labute approximate surface area is 99.6 Å². The predicted molar refractivity (Wildman–Crippen MR) is 64.2 cm³/mol. The minimum atomic E-state index is -0.147. The van der Waals surface area contributed by atoms with Crippen molar-refractivity contribution in [3.05, 3.63) is 54.1 Å². The van der Waals surface area contributed by atoms with Gasteiger partial charge in [0, 0.05) is 18.6 Å². The second-order valence-corrected chi connectivity index (χ2v) is 3.54. The average molecular weight is 230 g/mol. The average Bonchev–Trinajstić information content (AvgIpc) is 2.41. The number of hydrogen-bond donors (Lipinski definition) is 2. The van der Waals surface area contributed by atoms with E-state index >= 15 is 0 Å². The Hall–Kier alpha value is -1.98. The van der Waals surface area contributed by atoms with Gasteiger partial charge >= 0.3 is 0 Å². The van der Waals surface area contributed by atoms with Crippen molar-refractivity contribution < 1.29 is 4.74 Å². The number of pyridine rings is 2. The molecule has 3 N–H and O–H groups in total. The normalized spacial score (nSPS) is 12.1. The topological polar surface area (TPSA) is 73.1 Å². The highest BCUT2D eigenvalue weighted by molar-refractivity contribution is 5.32. The molecule has 2 aromatic heterocycles. The van der Waals surface area contributed by atoms with Crippen molar-refractivity contribution in [2.24, 2.45) is 5.84 Å². The summed E-state index contributed by atoms with van der Waals surface area (Å²) in [5.41, 5.74) is 4.66. The van der Waals surface area contributed by atoms with Crippen LogP contribution in [0.5, 0.6) is 5.75 Å². The molecular weight excluding hydrogens is 216 g/mol.